The zero-order valence-corrected chi connectivity index (χ0v) is 14.9. The molecule has 2 aromatic carbocycles. The van der Waals surface area contributed by atoms with E-state index in [1.54, 1.807) is 0 Å². The molecule has 0 aromatic heterocycles. The number of hydrogen-bond acceptors (Lipinski definition) is 4. The molecule has 1 fully saturated rings. The van der Waals surface area contributed by atoms with Crippen molar-refractivity contribution in [2.24, 2.45) is 0 Å². The van der Waals surface area contributed by atoms with E-state index < -0.39 is 0 Å². The van der Waals surface area contributed by atoms with Gasteiger partial charge < -0.3 is 9.47 Å². The van der Waals surface area contributed by atoms with Crippen LogP contribution in [0, 0.1) is 13.8 Å². The number of benzene rings is 2. The second-order valence-electron chi connectivity index (χ2n) is 6.61. The smallest absolute Gasteiger partial charge is 0.338 e. The van der Waals surface area contributed by atoms with Crippen molar-refractivity contribution < 1.29 is 14.3 Å². The van der Waals surface area contributed by atoms with Crippen LogP contribution in [0.25, 0.3) is 0 Å². The molecule has 1 saturated heterocycles. The van der Waals surface area contributed by atoms with Crippen molar-refractivity contribution in [1.29, 1.82) is 0 Å². The van der Waals surface area contributed by atoms with Crippen LogP contribution in [-0.4, -0.2) is 43.3 Å². The first-order valence-electron chi connectivity index (χ1n) is 8.74. The fourth-order valence-corrected chi connectivity index (χ4v) is 2.99. The van der Waals surface area contributed by atoms with Crippen molar-refractivity contribution in [3.63, 3.8) is 0 Å². The standard InChI is InChI=1S/C21H25NO3/c1-16-8-9-19(12-17(16)2)21(23)25-15-20-14-22(10-11-24-20)13-18-6-4-3-5-7-18/h3-9,12,20H,10-11,13-15H2,1-2H3. The summed E-state index contributed by atoms with van der Waals surface area (Å²) in [6, 6.07) is 16.0. The van der Waals surface area contributed by atoms with E-state index in [1.807, 2.05) is 38.1 Å². The number of aryl methyl sites for hydroxylation is 2. The molecule has 1 aliphatic rings. The molecule has 4 heteroatoms. The van der Waals surface area contributed by atoms with E-state index in [-0.39, 0.29) is 18.7 Å². The fourth-order valence-electron chi connectivity index (χ4n) is 2.99. The Hall–Kier alpha value is -2.17. The molecule has 2 aromatic rings. The summed E-state index contributed by atoms with van der Waals surface area (Å²) in [5.74, 6) is -0.285. The highest BCUT2D eigenvalue weighted by Crippen LogP contribution is 2.13. The SMILES string of the molecule is Cc1ccc(C(=O)OCC2CN(Cc3ccccc3)CCO2)cc1C. The summed E-state index contributed by atoms with van der Waals surface area (Å²) in [5, 5.41) is 0. The minimum atomic E-state index is -0.285. The van der Waals surface area contributed by atoms with Gasteiger partial charge in [0.2, 0.25) is 0 Å². The molecule has 0 amide bonds. The van der Waals surface area contributed by atoms with E-state index in [1.165, 1.54) is 11.1 Å². The largest absolute Gasteiger partial charge is 0.459 e. The van der Waals surface area contributed by atoms with Crippen molar-refractivity contribution in [2.75, 3.05) is 26.3 Å². The second-order valence-corrected chi connectivity index (χ2v) is 6.61. The van der Waals surface area contributed by atoms with Crippen LogP contribution >= 0.6 is 0 Å². The zero-order chi connectivity index (χ0) is 17.6. The van der Waals surface area contributed by atoms with Crippen LogP contribution in [0.2, 0.25) is 0 Å². The molecule has 0 aliphatic carbocycles. The van der Waals surface area contributed by atoms with Crippen LogP contribution in [0.1, 0.15) is 27.0 Å². The summed E-state index contributed by atoms with van der Waals surface area (Å²) < 4.78 is 11.2. The monoisotopic (exact) mass is 339 g/mol. The Morgan fingerprint density at radius 2 is 1.96 bits per heavy atom. The molecule has 0 N–H and O–H groups in total. The van der Waals surface area contributed by atoms with Gasteiger partial charge in [-0.15, -0.1) is 0 Å². The van der Waals surface area contributed by atoms with Gasteiger partial charge in [-0.1, -0.05) is 36.4 Å². The van der Waals surface area contributed by atoms with E-state index >= 15 is 0 Å². The van der Waals surface area contributed by atoms with Crippen molar-refractivity contribution in [1.82, 2.24) is 4.90 Å². The highest BCUT2D eigenvalue weighted by molar-refractivity contribution is 5.89. The molecule has 3 rings (SSSR count). The minimum Gasteiger partial charge on any atom is -0.459 e. The maximum atomic E-state index is 12.2. The van der Waals surface area contributed by atoms with E-state index in [9.17, 15) is 4.79 Å². The Labute approximate surface area is 149 Å². The highest BCUT2D eigenvalue weighted by atomic mass is 16.6. The van der Waals surface area contributed by atoms with Crippen molar-refractivity contribution in [3.05, 3.63) is 70.8 Å². The minimum absolute atomic E-state index is 0.0760. The van der Waals surface area contributed by atoms with Gasteiger partial charge in [-0.2, -0.15) is 0 Å². The molecule has 1 heterocycles. The number of carbonyl (C=O) groups is 1. The Morgan fingerprint density at radius 1 is 1.16 bits per heavy atom. The number of hydrogen-bond donors (Lipinski definition) is 0. The van der Waals surface area contributed by atoms with Crippen LogP contribution < -0.4 is 0 Å². The van der Waals surface area contributed by atoms with Gasteiger partial charge in [0.05, 0.1) is 12.2 Å². The van der Waals surface area contributed by atoms with Gasteiger partial charge in [0.1, 0.15) is 12.7 Å². The van der Waals surface area contributed by atoms with Crippen LogP contribution in [0.5, 0.6) is 0 Å². The first-order chi connectivity index (χ1) is 12.1. The van der Waals surface area contributed by atoms with Crippen LogP contribution in [0.15, 0.2) is 48.5 Å². The average Bonchev–Trinajstić information content (AvgIpc) is 2.63. The normalized spacial score (nSPS) is 18.1. The number of nitrogens with zero attached hydrogens (tertiary/aromatic N) is 1. The van der Waals surface area contributed by atoms with Crippen molar-refractivity contribution in [2.45, 2.75) is 26.5 Å². The third kappa shape index (κ3) is 4.91. The Kier molecular flexibility index (Phi) is 5.84. The molecule has 25 heavy (non-hydrogen) atoms. The van der Waals surface area contributed by atoms with Crippen molar-refractivity contribution in [3.8, 4) is 0 Å². The molecule has 132 valence electrons. The maximum Gasteiger partial charge on any atom is 0.338 e. The Bertz CT molecular complexity index is 714. The summed E-state index contributed by atoms with van der Waals surface area (Å²) in [4.78, 5) is 14.6. The third-order valence-corrected chi connectivity index (χ3v) is 4.61. The predicted molar refractivity (Wildman–Crippen MR) is 97.7 cm³/mol. The summed E-state index contributed by atoms with van der Waals surface area (Å²) in [7, 11) is 0. The maximum absolute atomic E-state index is 12.2. The summed E-state index contributed by atoms with van der Waals surface area (Å²) >= 11 is 0. The number of morpholine rings is 1. The Morgan fingerprint density at radius 3 is 2.72 bits per heavy atom. The summed E-state index contributed by atoms with van der Waals surface area (Å²) in [5.41, 5.74) is 4.15. The average molecular weight is 339 g/mol. The molecular formula is C21H25NO3. The zero-order valence-electron chi connectivity index (χ0n) is 14.9. The molecule has 1 atom stereocenters. The molecule has 0 radical (unpaired) electrons. The Balaban J connectivity index is 1.50. The third-order valence-electron chi connectivity index (χ3n) is 4.61. The topological polar surface area (TPSA) is 38.8 Å². The van der Waals surface area contributed by atoms with Gasteiger partial charge in [-0.25, -0.2) is 4.79 Å². The van der Waals surface area contributed by atoms with E-state index in [4.69, 9.17) is 9.47 Å². The lowest BCUT2D eigenvalue weighted by Crippen LogP contribution is -2.44. The van der Waals surface area contributed by atoms with Gasteiger partial charge in [-0.3, -0.25) is 4.90 Å². The second kappa shape index (κ2) is 8.28. The molecule has 1 unspecified atom stereocenters. The van der Waals surface area contributed by atoms with E-state index in [0.29, 0.717) is 12.2 Å². The first-order valence-corrected chi connectivity index (χ1v) is 8.74. The first kappa shape index (κ1) is 17.6. The molecule has 0 bridgehead atoms. The van der Waals surface area contributed by atoms with Gasteiger partial charge in [0.25, 0.3) is 0 Å². The summed E-state index contributed by atoms with van der Waals surface area (Å²) in [6.07, 6.45) is -0.0760. The molecule has 1 aliphatic heterocycles. The number of rotatable bonds is 5. The summed E-state index contributed by atoms with van der Waals surface area (Å²) in [6.45, 7) is 7.55. The van der Waals surface area contributed by atoms with Gasteiger partial charge >= 0.3 is 5.97 Å². The molecule has 0 saturated carbocycles. The van der Waals surface area contributed by atoms with Gasteiger partial charge in [0, 0.05) is 19.6 Å². The van der Waals surface area contributed by atoms with E-state index in [0.717, 1.165) is 25.2 Å². The fraction of sp³-hybridized carbons (Fsp3) is 0.381. The molecular weight excluding hydrogens is 314 g/mol. The van der Waals surface area contributed by atoms with Crippen molar-refractivity contribution >= 4 is 5.97 Å². The predicted octanol–water partition coefficient (Wildman–Crippen LogP) is 3.36. The number of ether oxygens (including phenoxy) is 2. The number of esters is 1. The highest BCUT2D eigenvalue weighted by Gasteiger charge is 2.22. The lowest BCUT2D eigenvalue weighted by Gasteiger charge is -2.32. The van der Waals surface area contributed by atoms with Crippen LogP contribution in [0.4, 0.5) is 0 Å². The van der Waals surface area contributed by atoms with Crippen LogP contribution in [-0.2, 0) is 16.0 Å². The number of carbonyl (C=O) groups excluding carboxylic acids is 1. The van der Waals surface area contributed by atoms with Gasteiger partial charge in [-0.05, 0) is 42.7 Å². The molecule has 0 spiro atoms. The van der Waals surface area contributed by atoms with E-state index in [2.05, 4.69) is 29.2 Å². The van der Waals surface area contributed by atoms with Gasteiger partial charge in [0.15, 0.2) is 0 Å². The van der Waals surface area contributed by atoms with Crippen LogP contribution in [0.3, 0.4) is 0 Å². The lowest BCUT2D eigenvalue weighted by molar-refractivity contribution is -0.0612. The lowest BCUT2D eigenvalue weighted by atomic mass is 10.1. The molecule has 4 nitrogen and oxygen atoms in total. The quantitative estimate of drug-likeness (QED) is 0.783.